The van der Waals surface area contributed by atoms with Gasteiger partial charge < -0.3 is 5.11 Å². The van der Waals surface area contributed by atoms with E-state index in [0.717, 1.165) is 11.6 Å². The molecule has 0 amide bonds. The average Bonchev–Trinajstić information content (AvgIpc) is 1.85. The molecular weight excluding hydrogens is 211 g/mol. The Bertz CT molecular complexity index is 250. The molecule has 1 rings (SSSR count). The van der Waals surface area contributed by atoms with Crippen molar-refractivity contribution in [2.75, 3.05) is 0 Å². The summed E-state index contributed by atoms with van der Waals surface area (Å²) >= 11 is 3.16. The van der Waals surface area contributed by atoms with Gasteiger partial charge in [-0.2, -0.15) is 0 Å². The summed E-state index contributed by atoms with van der Waals surface area (Å²) in [5.41, 5.74) is 0.742. The van der Waals surface area contributed by atoms with Crippen LogP contribution in [0.3, 0.4) is 0 Å². The third kappa shape index (κ3) is 1.71. The lowest BCUT2D eigenvalue weighted by molar-refractivity contribution is 0.462. The molecule has 1 aromatic carbocycles. The second-order valence-corrected chi connectivity index (χ2v) is 3.09. The van der Waals surface area contributed by atoms with Gasteiger partial charge in [0.15, 0.2) is 0 Å². The predicted octanol–water partition coefficient (Wildman–Crippen LogP) is 2.86. The van der Waals surface area contributed by atoms with Crippen molar-refractivity contribution in [2.45, 2.75) is 13.3 Å². The lowest BCUT2D eigenvalue weighted by Crippen LogP contribution is -1.85. The van der Waals surface area contributed by atoms with Crippen LogP contribution >= 0.6 is 15.9 Å². The fraction of sp³-hybridized carbons (Fsp3) is 0.250. The van der Waals surface area contributed by atoms with Crippen LogP contribution in [0.1, 0.15) is 12.5 Å². The van der Waals surface area contributed by atoms with E-state index in [1.165, 1.54) is 6.07 Å². The maximum atomic E-state index is 12.6. The first-order chi connectivity index (χ1) is 5.15. The minimum absolute atomic E-state index is 0.0133. The molecule has 0 bridgehead atoms. The maximum absolute atomic E-state index is 12.6. The Morgan fingerprint density at radius 1 is 1.55 bits per heavy atom. The molecule has 0 aromatic heterocycles. The summed E-state index contributed by atoms with van der Waals surface area (Å²) in [7, 11) is 0. The van der Waals surface area contributed by atoms with E-state index in [0.29, 0.717) is 10.9 Å². The summed E-state index contributed by atoms with van der Waals surface area (Å²) in [6.07, 6.45) is 0.687. The van der Waals surface area contributed by atoms with E-state index in [1.54, 1.807) is 0 Å². The van der Waals surface area contributed by atoms with Gasteiger partial charge in [-0.3, -0.25) is 0 Å². The number of hydrogen-bond donors (Lipinski definition) is 1. The van der Waals surface area contributed by atoms with Crippen molar-refractivity contribution in [2.24, 2.45) is 0 Å². The van der Waals surface area contributed by atoms with Crippen LogP contribution in [0.25, 0.3) is 0 Å². The van der Waals surface area contributed by atoms with Crippen molar-refractivity contribution < 1.29 is 9.50 Å². The van der Waals surface area contributed by atoms with Gasteiger partial charge in [0.05, 0.1) is 0 Å². The molecule has 0 unspecified atom stereocenters. The Labute approximate surface area is 73.0 Å². The largest absolute Gasteiger partial charge is 0.508 e. The van der Waals surface area contributed by atoms with Crippen LogP contribution in [0.15, 0.2) is 16.6 Å². The zero-order valence-corrected chi connectivity index (χ0v) is 7.65. The molecule has 3 heteroatoms. The van der Waals surface area contributed by atoms with E-state index >= 15 is 0 Å². The number of halogens is 2. The quantitative estimate of drug-likeness (QED) is 0.769. The Morgan fingerprint density at radius 2 is 2.18 bits per heavy atom. The fourth-order valence-corrected chi connectivity index (χ4v) is 1.64. The lowest BCUT2D eigenvalue weighted by atomic mass is 10.1. The van der Waals surface area contributed by atoms with Gasteiger partial charge >= 0.3 is 0 Å². The fourth-order valence-electron chi connectivity index (χ4n) is 0.940. The van der Waals surface area contributed by atoms with E-state index in [9.17, 15) is 9.50 Å². The maximum Gasteiger partial charge on any atom is 0.128 e. The summed E-state index contributed by atoms with van der Waals surface area (Å²) in [4.78, 5) is 0. The highest BCUT2D eigenvalue weighted by molar-refractivity contribution is 9.10. The summed E-state index contributed by atoms with van der Waals surface area (Å²) in [5.74, 6) is -0.411. The summed E-state index contributed by atoms with van der Waals surface area (Å²) in [5, 5.41) is 9.20. The number of rotatable bonds is 1. The van der Waals surface area contributed by atoms with Gasteiger partial charge in [0.2, 0.25) is 0 Å². The van der Waals surface area contributed by atoms with Crippen LogP contribution in [0.4, 0.5) is 4.39 Å². The number of benzene rings is 1. The molecule has 0 aliphatic rings. The second-order valence-electron chi connectivity index (χ2n) is 2.24. The van der Waals surface area contributed by atoms with Crippen LogP contribution in [0, 0.1) is 5.82 Å². The lowest BCUT2D eigenvalue weighted by Gasteiger charge is -2.03. The molecule has 1 aromatic rings. The topological polar surface area (TPSA) is 20.2 Å². The standard InChI is InChI=1S/C8H8BrFO/c1-2-6-7(9)3-5(10)4-8(6)11/h3-4,11H,2H2,1H3. The Kier molecular flexibility index (Phi) is 2.49. The van der Waals surface area contributed by atoms with Crippen molar-refractivity contribution in [3.8, 4) is 5.75 Å². The Morgan fingerprint density at radius 3 is 2.64 bits per heavy atom. The first-order valence-electron chi connectivity index (χ1n) is 3.32. The van der Waals surface area contributed by atoms with Gasteiger partial charge in [-0.1, -0.05) is 22.9 Å². The highest BCUT2D eigenvalue weighted by atomic mass is 79.9. The Hall–Kier alpha value is -0.570. The molecule has 0 aliphatic heterocycles. The molecule has 0 atom stereocenters. The number of phenolic OH excluding ortho intramolecular Hbond substituents is 1. The normalized spacial score (nSPS) is 10.1. The van der Waals surface area contributed by atoms with E-state index < -0.39 is 5.82 Å². The van der Waals surface area contributed by atoms with Gasteiger partial charge in [-0.05, 0) is 12.5 Å². The smallest absolute Gasteiger partial charge is 0.128 e. The van der Waals surface area contributed by atoms with Gasteiger partial charge in [0.25, 0.3) is 0 Å². The molecule has 60 valence electrons. The molecule has 0 saturated heterocycles. The van der Waals surface area contributed by atoms with Gasteiger partial charge in [-0.25, -0.2) is 4.39 Å². The van der Waals surface area contributed by atoms with Crippen LogP contribution in [-0.2, 0) is 6.42 Å². The number of hydrogen-bond acceptors (Lipinski definition) is 1. The molecule has 11 heavy (non-hydrogen) atoms. The Balaban J connectivity index is 3.25. The first-order valence-corrected chi connectivity index (χ1v) is 4.11. The van der Waals surface area contributed by atoms with E-state index in [2.05, 4.69) is 15.9 Å². The summed E-state index contributed by atoms with van der Waals surface area (Å²) in [6.45, 7) is 1.90. The molecule has 1 nitrogen and oxygen atoms in total. The molecule has 1 N–H and O–H groups in total. The molecule has 0 heterocycles. The minimum Gasteiger partial charge on any atom is -0.508 e. The highest BCUT2D eigenvalue weighted by Gasteiger charge is 2.05. The SMILES string of the molecule is CCc1c(O)cc(F)cc1Br. The molecule has 0 spiro atoms. The molecule has 0 saturated carbocycles. The zero-order valence-electron chi connectivity index (χ0n) is 6.06. The minimum atomic E-state index is -0.424. The van der Waals surface area contributed by atoms with Crippen LogP contribution < -0.4 is 0 Å². The van der Waals surface area contributed by atoms with Gasteiger partial charge in [-0.15, -0.1) is 0 Å². The van der Waals surface area contributed by atoms with E-state index in [4.69, 9.17) is 0 Å². The summed E-state index contributed by atoms with van der Waals surface area (Å²) < 4.78 is 13.2. The van der Waals surface area contributed by atoms with Crippen LogP contribution in [0.2, 0.25) is 0 Å². The highest BCUT2D eigenvalue weighted by Crippen LogP contribution is 2.27. The van der Waals surface area contributed by atoms with Crippen molar-refractivity contribution in [3.05, 3.63) is 28.0 Å². The third-order valence-electron chi connectivity index (χ3n) is 1.49. The molecule has 0 aliphatic carbocycles. The molecule has 0 radical (unpaired) electrons. The number of phenols is 1. The monoisotopic (exact) mass is 218 g/mol. The third-order valence-corrected chi connectivity index (χ3v) is 2.20. The van der Waals surface area contributed by atoms with E-state index in [1.807, 2.05) is 6.92 Å². The average molecular weight is 219 g/mol. The number of aromatic hydroxyl groups is 1. The summed E-state index contributed by atoms with van der Waals surface area (Å²) in [6, 6.07) is 2.46. The first kappa shape index (κ1) is 8.53. The van der Waals surface area contributed by atoms with Crippen LogP contribution in [-0.4, -0.2) is 5.11 Å². The zero-order chi connectivity index (χ0) is 8.43. The van der Waals surface area contributed by atoms with Crippen molar-refractivity contribution >= 4 is 15.9 Å². The van der Waals surface area contributed by atoms with Gasteiger partial charge in [0, 0.05) is 16.1 Å². The molecule has 0 fully saturated rings. The predicted molar refractivity (Wildman–Crippen MR) is 45.1 cm³/mol. The van der Waals surface area contributed by atoms with Gasteiger partial charge in [0.1, 0.15) is 11.6 Å². The van der Waals surface area contributed by atoms with E-state index in [-0.39, 0.29) is 5.75 Å². The van der Waals surface area contributed by atoms with Crippen molar-refractivity contribution in [1.82, 2.24) is 0 Å². The van der Waals surface area contributed by atoms with Crippen molar-refractivity contribution in [3.63, 3.8) is 0 Å². The van der Waals surface area contributed by atoms with Crippen molar-refractivity contribution in [1.29, 1.82) is 0 Å². The van der Waals surface area contributed by atoms with Crippen LogP contribution in [0.5, 0.6) is 5.75 Å². The molecular formula is C8H8BrFO. The second kappa shape index (κ2) is 3.22.